The van der Waals surface area contributed by atoms with Crippen LogP contribution in [-0.2, 0) is 6.42 Å². The maximum atomic E-state index is 5.64. The number of likely N-dealkylation sites (tertiary alicyclic amines) is 1. The number of aryl methyl sites for hydroxylation is 1. The van der Waals surface area contributed by atoms with Gasteiger partial charge < -0.3 is 9.80 Å². The molecule has 1 aliphatic carbocycles. The molecule has 2 aromatic rings. The minimum atomic E-state index is 0.418. The molecule has 29 heavy (non-hydrogen) atoms. The van der Waals surface area contributed by atoms with Crippen LogP contribution in [0.5, 0.6) is 0 Å². The van der Waals surface area contributed by atoms with Gasteiger partial charge in [-0.1, -0.05) is 12.1 Å². The van der Waals surface area contributed by atoms with Crippen LogP contribution in [0, 0.1) is 5.41 Å². The highest BCUT2D eigenvalue weighted by Crippen LogP contribution is 2.42. The van der Waals surface area contributed by atoms with Crippen LogP contribution < -0.4 is 10.3 Å². The van der Waals surface area contributed by atoms with Crippen LogP contribution in [0.1, 0.15) is 36.9 Å². The molecule has 3 aliphatic rings. The van der Waals surface area contributed by atoms with Crippen molar-refractivity contribution < 1.29 is 0 Å². The number of nitrogens with one attached hydrogen (secondary N) is 1. The number of nitrogens with zero attached hydrogens (tertiary/aromatic N) is 5. The van der Waals surface area contributed by atoms with E-state index in [1.165, 1.54) is 18.4 Å². The minimum Gasteiger partial charge on any atom is -0.355 e. The number of rotatable bonds is 2. The van der Waals surface area contributed by atoms with Crippen molar-refractivity contribution in [2.45, 2.75) is 32.1 Å². The normalized spacial score (nSPS) is 21.6. The van der Waals surface area contributed by atoms with E-state index in [1.54, 1.807) is 0 Å². The molecular weight excluding hydrogens is 380 g/mol. The van der Waals surface area contributed by atoms with E-state index in [-0.39, 0.29) is 0 Å². The predicted octanol–water partition coefficient (Wildman–Crippen LogP) is 2.99. The summed E-state index contributed by atoms with van der Waals surface area (Å²) >= 11 is 5.64. The monoisotopic (exact) mass is 406 g/mol. The second kappa shape index (κ2) is 7.71. The molecule has 7 heteroatoms. The number of hydrogen-bond donors (Lipinski definition) is 1. The summed E-state index contributed by atoms with van der Waals surface area (Å²) in [6, 6.07) is 10.3. The Morgan fingerprint density at radius 3 is 2.66 bits per heavy atom. The molecule has 5 rings (SSSR count). The van der Waals surface area contributed by atoms with E-state index >= 15 is 0 Å². The van der Waals surface area contributed by atoms with E-state index < -0.39 is 0 Å². The maximum Gasteiger partial charge on any atom is 0.189 e. The summed E-state index contributed by atoms with van der Waals surface area (Å²) < 4.78 is 0. The zero-order valence-corrected chi connectivity index (χ0v) is 17.4. The van der Waals surface area contributed by atoms with Gasteiger partial charge in [-0.2, -0.15) is 5.10 Å². The van der Waals surface area contributed by atoms with Crippen molar-refractivity contribution in [2.75, 3.05) is 31.1 Å². The van der Waals surface area contributed by atoms with E-state index in [2.05, 4.69) is 48.5 Å². The highest BCUT2D eigenvalue weighted by atomic mass is 32.1. The number of piperidine rings is 1. The first-order valence-corrected chi connectivity index (χ1v) is 10.9. The van der Waals surface area contributed by atoms with Crippen LogP contribution in [0.3, 0.4) is 0 Å². The third-order valence-electron chi connectivity index (χ3n) is 6.45. The summed E-state index contributed by atoms with van der Waals surface area (Å²) in [4.78, 5) is 13.6. The molecule has 0 unspecified atom stereocenters. The average molecular weight is 407 g/mol. The van der Waals surface area contributed by atoms with Crippen molar-refractivity contribution in [3.63, 3.8) is 0 Å². The van der Waals surface area contributed by atoms with Gasteiger partial charge in [0.25, 0.3) is 0 Å². The summed E-state index contributed by atoms with van der Waals surface area (Å²) in [6.07, 6.45) is 9.19. The Morgan fingerprint density at radius 1 is 1.03 bits per heavy atom. The molecule has 1 spiro atoms. The molecule has 0 amide bonds. The Hall–Kier alpha value is -2.54. The Kier molecular flexibility index (Phi) is 4.91. The Balaban J connectivity index is 1.15. The molecule has 0 saturated carbocycles. The second-order valence-electron chi connectivity index (χ2n) is 8.37. The highest BCUT2D eigenvalue weighted by Gasteiger charge is 2.45. The van der Waals surface area contributed by atoms with Crippen LogP contribution in [-0.4, -0.2) is 51.9 Å². The number of hydrazone groups is 1. The molecule has 2 fully saturated rings. The van der Waals surface area contributed by atoms with Gasteiger partial charge in [0.15, 0.2) is 5.11 Å². The number of thiocarbonyl (C=S) groups is 1. The average Bonchev–Trinajstić information content (AvgIpc) is 2.76. The van der Waals surface area contributed by atoms with Gasteiger partial charge in [-0.15, -0.1) is 0 Å². The van der Waals surface area contributed by atoms with Gasteiger partial charge in [0.2, 0.25) is 0 Å². The summed E-state index contributed by atoms with van der Waals surface area (Å²) in [7, 11) is 0. The Bertz CT molecular complexity index is 912. The van der Waals surface area contributed by atoms with E-state index in [0.29, 0.717) is 5.41 Å². The molecule has 0 bridgehead atoms. The topological polar surface area (TPSA) is 56.7 Å². The minimum absolute atomic E-state index is 0.418. The molecule has 0 radical (unpaired) electrons. The third kappa shape index (κ3) is 3.71. The molecule has 2 aromatic heterocycles. The molecular formula is C22H26N6S. The standard InChI is InChI=1S/C22H26N6S/c29-21(26-25-18-7-3-5-17-6-4-12-24-20(17)18)27-13-9-22(10-14-27)15-28(16-22)19-8-1-2-11-23-19/h1-2,4,6,8,11-12H,3,5,7,9-10,13-16H2,(H,26,29)/b25-18-. The molecule has 4 heterocycles. The smallest absolute Gasteiger partial charge is 0.189 e. The maximum absolute atomic E-state index is 5.64. The summed E-state index contributed by atoms with van der Waals surface area (Å²) in [5, 5.41) is 5.36. The van der Waals surface area contributed by atoms with Crippen LogP contribution in [0.2, 0.25) is 0 Å². The van der Waals surface area contributed by atoms with Crippen LogP contribution in [0.25, 0.3) is 0 Å². The van der Waals surface area contributed by atoms with Gasteiger partial charge >= 0.3 is 0 Å². The Labute approximate surface area is 177 Å². The first kappa shape index (κ1) is 18.5. The lowest BCUT2D eigenvalue weighted by molar-refractivity contribution is 0.109. The first-order chi connectivity index (χ1) is 14.2. The van der Waals surface area contributed by atoms with Gasteiger partial charge in [0, 0.05) is 44.0 Å². The molecule has 2 saturated heterocycles. The van der Waals surface area contributed by atoms with Gasteiger partial charge in [-0.3, -0.25) is 10.4 Å². The fraction of sp³-hybridized carbons (Fsp3) is 0.455. The quantitative estimate of drug-likeness (QED) is 0.611. The van der Waals surface area contributed by atoms with E-state index in [4.69, 9.17) is 12.2 Å². The number of pyridine rings is 2. The summed E-state index contributed by atoms with van der Waals surface area (Å²) in [6.45, 7) is 4.18. The lowest BCUT2D eigenvalue weighted by atomic mass is 9.72. The molecule has 0 atom stereocenters. The van der Waals surface area contributed by atoms with Crippen molar-refractivity contribution in [1.82, 2.24) is 20.3 Å². The van der Waals surface area contributed by atoms with Crippen LogP contribution in [0.4, 0.5) is 5.82 Å². The second-order valence-corrected chi connectivity index (χ2v) is 8.76. The molecule has 2 aliphatic heterocycles. The van der Waals surface area contributed by atoms with Gasteiger partial charge in [-0.25, -0.2) is 4.98 Å². The zero-order valence-electron chi connectivity index (χ0n) is 16.5. The van der Waals surface area contributed by atoms with Crippen molar-refractivity contribution in [1.29, 1.82) is 0 Å². The number of anilines is 1. The fourth-order valence-corrected chi connectivity index (χ4v) is 4.95. The largest absolute Gasteiger partial charge is 0.355 e. The molecule has 150 valence electrons. The van der Waals surface area contributed by atoms with Crippen molar-refractivity contribution in [3.05, 3.63) is 54.0 Å². The van der Waals surface area contributed by atoms with Crippen molar-refractivity contribution in [3.8, 4) is 0 Å². The fourth-order valence-electron chi connectivity index (χ4n) is 4.73. The number of fused-ring (bicyclic) bond motifs is 1. The predicted molar refractivity (Wildman–Crippen MR) is 119 cm³/mol. The Morgan fingerprint density at radius 2 is 1.86 bits per heavy atom. The third-order valence-corrected chi connectivity index (χ3v) is 6.80. The van der Waals surface area contributed by atoms with Gasteiger partial charge in [-0.05, 0) is 68.1 Å². The summed E-state index contributed by atoms with van der Waals surface area (Å²) in [5.74, 6) is 1.09. The van der Waals surface area contributed by atoms with Crippen molar-refractivity contribution >= 4 is 28.9 Å². The lowest BCUT2D eigenvalue weighted by Gasteiger charge is -2.54. The molecule has 1 N–H and O–H groups in total. The van der Waals surface area contributed by atoms with Crippen LogP contribution >= 0.6 is 12.2 Å². The summed E-state index contributed by atoms with van der Waals surface area (Å²) in [5.41, 5.74) is 6.89. The molecule has 6 nitrogen and oxygen atoms in total. The lowest BCUT2D eigenvalue weighted by Crippen LogP contribution is -2.61. The number of hydrogen-bond acceptors (Lipinski definition) is 5. The van der Waals surface area contributed by atoms with Crippen LogP contribution in [0.15, 0.2) is 47.8 Å². The SMILES string of the molecule is S=C(N/N=C1/CCCc2cccnc21)N1CCC2(CC1)CN(c1ccccn1)C2. The van der Waals surface area contributed by atoms with E-state index in [0.717, 1.165) is 67.8 Å². The van der Waals surface area contributed by atoms with Gasteiger partial charge in [0.1, 0.15) is 5.82 Å². The first-order valence-electron chi connectivity index (χ1n) is 10.4. The zero-order chi connectivity index (χ0) is 19.7. The van der Waals surface area contributed by atoms with E-state index in [1.807, 2.05) is 24.5 Å². The van der Waals surface area contributed by atoms with Crippen molar-refractivity contribution in [2.24, 2.45) is 10.5 Å². The number of aromatic nitrogens is 2. The van der Waals surface area contributed by atoms with E-state index in [9.17, 15) is 0 Å². The molecule has 0 aromatic carbocycles. The van der Waals surface area contributed by atoms with Gasteiger partial charge in [0.05, 0.1) is 11.4 Å². The highest BCUT2D eigenvalue weighted by molar-refractivity contribution is 7.80.